The topological polar surface area (TPSA) is 69.4 Å². The number of benzene rings is 1. The molecule has 0 unspecified atom stereocenters. The predicted octanol–water partition coefficient (Wildman–Crippen LogP) is 3.50. The molecule has 0 saturated heterocycles. The van der Waals surface area contributed by atoms with Gasteiger partial charge in [-0.2, -0.15) is 0 Å². The van der Waals surface area contributed by atoms with E-state index in [-0.39, 0.29) is 11.7 Å². The normalized spacial score (nSPS) is 10.2. The van der Waals surface area contributed by atoms with Gasteiger partial charge in [0.25, 0.3) is 5.69 Å². The highest BCUT2D eigenvalue weighted by Gasteiger charge is 2.13. The highest BCUT2D eigenvalue weighted by molar-refractivity contribution is 7.17. The number of nitrogens with zero attached hydrogens (tertiary/aromatic N) is 1. The van der Waals surface area contributed by atoms with Crippen molar-refractivity contribution in [2.75, 3.05) is 6.61 Å². The highest BCUT2D eigenvalue weighted by atomic mass is 32.1. The van der Waals surface area contributed by atoms with Crippen molar-refractivity contribution in [1.29, 1.82) is 0 Å². The fourth-order valence-corrected chi connectivity index (χ4v) is 2.47. The van der Waals surface area contributed by atoms with Crippen LogP contribution in [-0.2, 0) is 4.74 Å². The van der Waals surface area contributed by atoms with Gasteiger partial charge >= 0.3 is 5.97 Å². The molecule has 1 heterocycles. The summed E-state index contributed by atoms with van der Waals surface area (Å²) in [6.45, 7) is 2.07. The summed E-state index contributed by atoms with van der Waals surface area (Å²) >= 11 is 1.26. The average molecular weight is 277 g/mol. The van der Waals surface area contributed by atoms with E-state index in [0.717, 1.165) is 10.4 Å². The summed E-state index contributed by atoms with van der Waals surface area (Å²) in [6.07, 6.45) is 0. The van der Waals surface area contributed by atoms with E-state index in [2.05, 4.69) is 0 Å². The Hall–Kier alpha value is -2.21. The Labute approximate surface area is 113 Å². The first-order chi connectivity index (χ1) is 9.11. The second-order valence-corrected chi connectivity index (χ2v) is 4.78. The SMILES string of the molecule is CCOC(=O)c1ccc(-c2cccc([N+](=O)[O-])c2)s1. The highest BCUT2D eigenvalue weighted by Crippen LogP contribution is 2.30. The minimum Gasteiger partial charge on any atom is -0.462 e. The van der Waals surface area contributed by atoms with Crippen LogP contribution in [0, 0.1) is 10.1 Å². The lowest BCUT2D eigenvalue weighted by Crippen LogP contribution is -2.01. The first kappa shape index (κ1) is 13.2. The Balaban J connectivity index is 2.30. The lowest BCUT2D eigenvalue weighted by Gasteiger charge is -1.98. The number of thiophene rings is 1. The summed E-state index contributed by atoms with van der Waals surface area (Å²) in [4.78, 5) is 23.1. The Morgan fingerprint density at radius 2 is 2.16 bits per heavy atom. The number of non-ortho nitro benzene ring substituents is 1. The van der Waals surface area contributed by atoms with Gasteiger partial charge < -0.3 is 4.74 Å². The van der Waals surface area contributed by atoms with Gasteiger partial charge in [-0.25, -0.2) is 4.79 Å². The van der Waals surface area contributed by atoms with Gasteiger partial charge in [-0.05, 0) is 24.6 Å². The van der Waals surface area contributed by atoms with Gasteiger partial charge in [0.15, 0.2) is 0 Å². The van der Waals surface area contributed by atoms with Crippen LogP contribution in [0.25, 0.3) is 10.4 Å². The smallest absolute Gasteiger partial charge is 0.348 e. The minimum atomic E-state index is -0.441. The Morgan fingerprint density at radius 3 is 2.84 bits per heavy atom. The molecule has 0 aliphatic rings. The Kier molecular flexibility index (Phi) is 3.91. The van der Waals surface area contributed by atoms with Crippen LogP contribution in [0.1, 0.15) is 16.6 Å². The van der Waals surface area contributed by atoms with Gasteiger partial charge in [-0.15, -0.1) is 11.3 Å². The molecule has 5 nitrogen and oxygen atoms in total. The zero-order valence-corrected chi connectivity index (χ0v) is 11.0. The molecule has 0 aliphatic carbocycles. The predicted molar refractivity (Wildman–Crippen MR) is 72.4 cm³/mol. The second-order valence-electron chi connectivity index (χ2n) is 3.69. The third-order valence-electron chi connectivity index (χ3n) is 2.42. The number of esters is 1. The molecule has 6 heteroatoms. The molecule has 0 bridgehead atoms. The van der Waals surface area contributed by atoms with Crippen molar-refractivity contribution in [2.24, 2.45) is 0 Å². The van der Waals surface area contributed by atoms with Crippen molar-refractivity contribution in [3.05, 3.63) is 51.4 Å². The third-order valence-corrected chi connectivity index (χ3v) is 3.54. The molecule has 0 spiro atoms. The number of hydrogen-bond donors (Lipinski definition) is 0. The maximum absolute atomic E-state index is 11.5. The number of ether oxygens (including phenoxy) is 1. The average Bonchev–Trinajstić information content (AvgIpc) is 2.89. The van der Waals surface area contributed by atoms with Crippen molar-refractivity contribution < 1.29 is 14.5 Å². The molecular formula is C13H11NO4S. The fraction of sp³-hybridized carbons (Fsp3) is 0.154. The van der Waals surface area contributed by atoms with Gasteiger partial charge in [0, 0.05) is 17.0 Å². The molecular weight excluding hydrogens is 266 g/mol. The van der Waals surface area contributed by atoms with E-state index in [1.165, 1.54) is 23.5 Å². The molecule has 0 radical (unpaired) electrons. The van der Waals surface area contributed by atoms with Gasteiger partial charge in [0.2, 0.25) is 0 Å². The molecule has 0 saturated carbocycles. The van der Waals surface area contributed by atoms with E-state index in [1.807, 2.05) is 0 Å². The summed E-state index contributed by atoms with van der Waals surface area (Å²) in [5.74, 6) is -0.371. The maximum atomic E-state index is 11.5. The van der Waals surface area contributed by atoms with E-state index in [4.69, 9.17) is 4.74 Å². The Morgan fingerprint density at radius 1 is 1.37 bits per heavy atom. The molecule has 98 valence electrons. The number of carbonyl (C=O) groups excluding carboxylic acids is 1. The first-order valence-corrected chi connectivity index (χ1v) is 6.45. The fourth-order valence-electron chi connectivity index (χ4n) is 1.58. The zero-order chi connectivity index (χ0) is 13.8. The summed E-state index contributed by atoms with van der Waals surface area (Å²) in [5.41, 5.74) is 0.748. The summed E-state index contributed by atoms with van der Waals surface area (Å²) in [6, 6.07) is 9.74. The molecule has 0 atom stereocenters. The van der Waals surface area contributed by atoms with Crippen LogP contribution >= 0.6 is 11.3 Å². The quantitative estimate of drug-likeness (QED) is 0.487. The molecule has 0 N–H and O–H groups in total. The number of nitro groups is 1. The van der Waals surface area contributed by atoms with Gasteiger partial charge in [-0.3, -0.25) is 10.1 Å². The van der Waals surface area contributed by atoms with Crippen molar-refractivity contribution in [1.82, 2.24) is 0 Å². The molecule has 0 amide bonds. The van der Waals surface area contributed by atoms with Crippen LogP contribution < -0.4 is 0 Å². The largest absolute Gasteiger partial charge is 0.462 e. The monoisotopic (exact) mass is 277 g/mol. The van der Waals surface area contributed by atoms with Crippen LogP contribution in [0.5, 0.6) is 0 Å². The number of carbonyl (C=O) groups is 1. The summed E-state index contributed by atoms with van der Waals surface area (Å²) in [5, 5.41) is 10.7. The van der Waals surface area contributed by atoms with Crippen molar-refractivity contribution >= 4 is 23.0 Å². The van der Waals surface area contributed by atoms with E-state index >= 15 is 0 Å². The van der Waals surface area contributed by atoms with Crippen LogP contribution in [-0.4, -0.2) is 17.5 Å². The van der Waals surface area contributed by atoms with E-state index < -0.39 is 4.92 Å². The van der Waals surface area contributed by atoms with Crippen LogP contribution in [0.2, 0.25) is 0 Å². The number of hydrogen-bond acceptors (Lipinski definition) is 5. The van der Waals surface area contributed by atoms with Crippen LogP contribution in [0.15, 0.2) is 36.4 Å². The minimum absolute atomic E-state index is 0.0311. The molecule has 0 fully saturated rings. The molecule has 19 heavy (non-hydrogen) atoms. The summed E-state index contributed by atoms with van der Waals surface area (Å²) < 4.78 is 4.90. The van der Waals surface area contributed by atoms with E-state index in [0.29, 0.717) is 11.5 Å². The van der Waals surface area contributed by atoms with Gasteiger partial charge in [0.05, 0.1) is 11.5 Å². The zero-order valence-electron chi connectivity index (χ0n) is 10.2. The standard InChI is InChI=1S/C13H11NO4S/c1-2-18-13(15)12-7-6-11(19-12)9-4-3-5-10(8-9)14(16)17/h3-8H,2H2,1H3. The molecule has 2 aromatic rings. The van der Waals surface area contributed by atoms with E-state index in [9.17, 15) is 14.9 Å². The molecule has 1 aromatic carbocycles. The van der Waals surface area contributed by atoms with Crippen molar-refractivity contribution in [3.8, 4) is 10.4 Å². The van der Waals surface area contributed by atoms with Crippen LogP contribution in [0.3, 0.4) is 0 Å². The second kappa shape index (κ2) is 5.62. The number of rotatable bonds is 4. The van der Waals surface area contributed by atoms with Gasteiger partial charge in [0.1, 0.15) is 4.88 Å². The summed E-state index contributed by atoms with van der Waals surface area (Å²) in [7, 11) is 0. The van der Waals surface area contributed by atoms with E-state index in [1.54, 1.807) is 31.2 Å². The van der Waals surface area contributed by atoms with Gasteiger partial charge in [-0.1, -0.05) is 12.1 Å². The first-order valence-electron chi connectivity index (χ1n) is 5.63. The molecule has 1 aromatic heterocycles. The van der Waals surface area contributed by atoms with Crippen molar-refractivity contribution in [3.63, 3.8) is 0 Å². The molecule has 2 rings (SSSR count). The van der Waals surface area contributed by atoms with Crippen LogP contribution in [0.4, 0.5) is 5.69 Å². The lowest BCUT2D eigenvalue weighted by atomic mass is 10.2. The Bertz CT molecular complexity index is 621. The molecule has 0 aliphatic heterocycles. The number of nitro benzene ring substituents is 1. The van der Waals surface area contributed by atoms with Crippen molar-refractivity contribution in [2.45, 2.75) is 6.92 Å². The third kappa shape index (κ3) is 2.97. The lowest BCUT2D eigenvalue weighted by molar-refractivity contribution is -0.384. The maximum Gasteiger partial charge on any atom is 0.348 e.